The Hall–Kier alpha value is -0.890. The van der Waals surface area contributed by atoms with Gasteiger partial charge in [0.05, 0.1) is 0 Å². The number of rotatable bonds is 1. The lowest BCUT2D eigenvalue weighted by molar-refractivity contribution is 0.671. The van der Waals surface area contributed by atoms with Crippen molar-refractivity contribution in [2.45, 2.75) is 0 Å². The molecule has 0 atom stereocenters. The van der Waals surface area contributed by atoms with Crippen LogP contribution in [0.3, 0.4) is 0 Å². The molecule has 0 spiro atoms. The van der Waals surface area contributed by atoms with E-state index in [9.17, 15) is 8.78 Å². The molecule has 0 saturated carbocycles. The number of hydrogen-bond acceptors (Lipinski definition) is 0. The summed E-state index contributed by atoms with van der Waals surface area (Å²) in [6.07, 6.45) is -0.0801. The highest BCUT2D eigenvalue weighted by Gasteiger charge is 1.98. The van der Waals surface area contributed by atoms with Crippen LogP contribution in [0.5, 0.6) is 0 Å². The molecule has 0 fully saturated rings. The summed E-state index contributed by atoms with van der Waals surface area (Å²) < 4.78 is 24.0. The first-order valence-electron chi connectivity index (χ1n) is 2.96. The summed E-state index contributed by atoms with van der Waals surface area (Å²) in [4.78, 5) is 0. The molecule has 1 aromatic carbocycles. The van der Waals surface area contributed by atoms with Crippen LogP contribution in [0.2, 0.25) is 5.02 Å². The van der Waals surface area contributed by atoms with Gasteiger partial charge in [0.2, 0.25) is 0 Å². The van der Waals surface area contributed by atoms with Gasteiger partial charge in [0.15, 0.2) is 5.83 Å². The summed E-state index contributed by atoms with van der Waals surface area (Å²) in [5.41, 5.74) is 0.192. The topological polar surface area (TPSA) is 0 Å². The molecule has 11 heavy (non-hydrogen) atoms. The Morgan fingerprint density at radius 1 is 1.27 bits per heavy atom. The smallest absolute Gasteiger partial charge is 0.158 e. The molecule has 3 heteroatoms. The van der Waals surface area contributed by atoms with Gasteiger partial charge in [0.1, 0.15) is 6.33 Å². The van der Waals surface area contributed by atoms with E-state index in [1.165, 1.54) is 24.3 Å². The van der Waals surface area contributed by atoms with Crippen molar-refractivity contribution < 1.29 is 8.78 Å². The van der Waals surface area contributed by atoms with Crippen LogP contribution < -0.4 is 0 Å². The third-order valence-electron chi connectivity index (χ3n) is 1.22. The highest BCUT2D eigenvalue weighted by molar-refractivity contribution is 6.30. The first kappa shape index (κ1) is 8.21. The highest BCUT2D eigenvalue weighted by atomic mass is 35.5. The van der Waals surface area contributed by atoms with Gasteiger partial charge in [0.25, 0.3) is 0 Å². The van der Waals surface area contributed by atoms with E-state index in [1.807, 2.05) is 0 Å². The minimum absolute atomic E-state index is 0.0801. The van der Waals surface area contributed by atoms with Gasteiger partial charge in [0, 0.05) is 10.6 Å². The van der Waals surface area contributed by atoms with Crippen LogP contribution in [0, 0.1) is 0 Å². The lowest BCUT2D eigenvalue weighted by Gasteiger charge is -1.94. The monoisotopic (exact) mass is 174 g/mol. The minimum Gasteiger partial charge on any atom is -0.212 e. The summed E-state index contributed by atoms with van der Waals surface area (Å²) in [7, 11) is 0. The fourth-order valence-corrected chi connectivity index (χ4v) is 0.798. The number of hydrogen-bond donors (Lipinski definition) is 0. The van der Waals surface area contributed by atoms with E-state index >= 15 is 0 Å². The third-order valence-corrected chi connectivity index (χ3v) is 1.47. The molecule has 1 rings (SSSR count). The van der Waals surface area contributed by atoms with Gasteiger partial charge in [-0.3, -0.25) is 0 Å². The molecule has 0 N–H and O–H groups in total. The molecule has 0 heterocycles. The molecule has 0 aliphatic carbocycles. The average Bonchev–Trinajstić information content (AvgIpc) is 2.05. The van der Waals surface area contributed by atoms with Gasteiger partial charge in [-0.05, 0) is 12.1 Å². The first-order valence-corrected chi connectivity index (χ1v) is 3.33. The fourth-order valence-electron chi connectivity index (χ4n) is 0.672. The molecule has 0 unspecified atom stereocenters. The van der Waals surface area contributed by atoms with Crippen LogP contribution in [0.15, 0.2) is 30.6 Å². The van der Waals surface area contributed by atoms with Crippen molar-refractivity contribution in [1.29, 1.82) is 0 Å². The van der Waals surface area contributed by atoms with Gasteiger partial charge in [-0.25, -0.2) is 8.78 Å². The lowest BCUT2D eigenvalue weighted by atomic mass is 10.2. The summed E-state index contributed by atoms with van der Waals surface area (Å²) in [5, 5.41) is 0.500. The van der Waals surface area contributed by atoms with Crippen LogP contribution in [-0.2, 0) is 0 Å². The van der Waals surface area contributed by atoms with Crippen molar-refractivity contribution >= 4 is 17.4 Å². The standard InChI is InChI=1S/C8H5ClF2/c9-7-3-1-6(2-4-7)8(11)5-10/h1-5H. The van der Waals surface area contributed by atoms with E-state index in [0.717, 1.165) is 0 Å². The van der Waals surface area contributed by atoms with Crippen molar-refractivity contribution in [3.05, 3.63) is 41.2 Å². The van der Waals surface area contributed by atoms with E-state index in [-0.39, 0.29) is 11.9 Å². The molecular weight excluding hydrogens is 170 g/mol. The van der Waals surface area contributed by atoms with Crippen molar-refractivity contribution in [3.63, 3.8) is 0 Å². The molecule has 0 aliphatic heterocycles. The van der Waals surface area contributed by atoms with E-state index in [4.69, 9.17) is 11.6 Å². The molecule has 58 valence electrons. The van der Waals surface area contributed by atoms with Gasteiger partial charge < -0.3 is 0 Å². The van der Waals surface area contributed by atoms with E-state index < -0.39 is 5.83 Å². The molecule has 0 bridgehead atoms. The summed E-state index contributed by atoms with van der Waals surface area (Å²) >= 11 is 5.52. The van der Waals surface area contributed by atoms with E-state index in [0.29, 0.717) is 5.02 Å². The maximum Gasteiger partial charge on any atom is 0.158 e. The molecule has 0 nitrogen and oxygen atoms in total. The Labute approximate surface area is 68.1 Å². The lowest BCUT2D eigenvalue weighted by Crippen LogP contribution is -1.74. The van der Waals surface area contributed by atoms with Crippen LogP contribution >= 0.6 is 11.6 Å². The normalized spacial score (nSPS) is 11.7. The Morgan fingerprint density at radius 2 is 1.82 bits per heavy atom. The Bertz CT molecular complexity index is 264. The average molecular weight is 175 g/mol. The van der Waals surface area contributed by atoms with Crippen molar-refractivity contribution in [2.24, 2.45) is 0 Å². The van der Waals surface area contributed by atoms with Crippen molar-refractivity contribution in [2.75, 3.05) is 0 Å². The van der Waals surface area contributed by atoms with Crippen molar-refractivity contribution in [3.8, 4) is 0 Å². The second-order valence-electron chi connectivity index (χ2n) is 1.96. The molecule has 1 aromatic rings. The summed E-state index contributed by atoms with van der Waals surface area (Å²) in [5.74, 6) is -0.887. The predicted molar refractivity (Wildman–Crippen MR) is 41.6 cm³/mol. The molecule has 0 radical (unpaired) electrons. The second kappa shape index (κ2) is 3.49. The third kappa shape index (κ3) is 2.02. The van der Waals surface area contributed by atoms with Gasteiger partial charge in [-0.15, -0.1) is 0 Å². The largest absolute Gasteiger partial charge is 0.212 e. The maximum atomic E-state index is 12.4. The fraction of sp³-hybridized carbons (Fsp3) is 0. The Kier molecular flexibility index (Phi) is 2.60. The summed E-state index contributed by atoms with van der Waals surface area (Å²) in [6.45, 7) is 0. The Balaban J connectivity index is 2.99. The zero-order chi connectivity index (χ0) is 8.27. The molecular formula is C8H5ClF2. The quantitative estimate of drug-likeness (QED) is 0.611. The first-order chi connectivity index (χ1) is 5.24. The van der Waals surface area contributed by atoms with E-state index in [1.54, 1.807) is 0 Å². The van der Waals surface area contributed by atoms with Gasteiger partial charge >= 0.3 is 0 Å². The molecule has 0 saturated heterocycles. The van der Waals surface area contributed by atoms with Crippen LogP contribution in [0.1, 0.15) is 5.56 Å². The van der Waals surface area contributed by atoms with Gasteiger partial charge in [-0.1, -0.05) is 23.7 Å². The molecule has 0 amide bonds. The zero-order valence-corrected chi connectivity index (χ0v) is 6.28. The zero-order valence-electron chi connectivity index (χ0n) is 5.52. The van der Waals surface area contributed by atoms with Gasteiger partial charge in [-0.2, -0.15) is 0 Å². The number of halogens is 3. The van der Waals surface area contributed by atoms with Crippen LogP contribution in [-0.4, -0.2) is 0 Å². The molecule has 0 aromatic heterocycles. The number of benzene rings is 1. The minimum atomic E-state index is -0.887. The SMILES string of the molecule is FC=C(F)c1ccc(Cl)cc1. The predicted octanol–water partition coefficient (Wildman–Crippen LogP) is 3.58. The van der Waals surface area contributed by atoms with Crippen molar-refractivity contribution in [1.82, 2.24) is 0 Å². The second-order valence-corrected chi connectivity index (χ2v) is 2.40. The highest BCUT2D eigenvalue weighted by Crippen LogP contribution is 2.18. The summed E-state index contributed by atoms with van der Waals surface area (Å²) in [6, 6.07) is 5.82. The Morgan fingerprint density at radius 3 is 2.27 bits per heavy atom. The maximum absolute atomic E-state index is 12.4. The van der Waals surface area contributed by atoms with Crippen LogP contribution in [0.4, 0.5) is 8.78 Å². The van der Waals surface area contributed by atoms with Crippen LogP contribution in [0.25, 0.3) is 5.83 Å². The molecule has 0 aliphatic rings. The van der Waals surface area contributed by atoms with E-state index in [2.05, 4.69) is 0 Å².